The van der Waals surface area contributed by atoms with Crippen LogP contribution in [0.2, 0.25) is 0 Å². The zero-order chi connectivity index (χ0) is 11.0. The van der Waals surface area contributed by atoms with Crippen LogP contribution >= 0.6 is 0 Å². The molecule has 2 nitrogen and oxygen atoms in total. The largest absolute Gasteiger partial charge is 0.316 e. The van der Waals surface area contributed by atoms with Crippen molar-refractivity contribution in [3.8, 4) is 0 Å². The molecule has 0 radical (unpaired) electrons. The molecule has 0 aromatic rings. The Morgan fingerprint density at radius 3 is 2.69 bits per heavy atom. The molecule has 3 fully saturated rings. The van der Waals surface area contributed by atoms with Gasteiger partial charge < -0.3 is 10.2 Å². The summed E-state index contributed by atoms with van der Waals surface area (Å²) in [7, 11) is 2.34. The van der Waals surface area contributed by atoms with Gasteiger partial charge in [-0.1, -0.05) is 6.42 Å². The molecule has 3 rings (SSSR count). The minimum atomic E-state index is 0.920. The van der Waals surface area contributed by atoms with Crippen LogP contribution in [0.4, 0.5) is 0 Å². The first-order valence-corrected chi connectivity index (χ1v) is 7.20. The summed E-state index contributed by atoms with van der Waals surface area (Å²) in [5.41, 5.74) is 0. The molecule has 4 atom stereocenters. The van der Waals surface area contributed by atoms with Gasteiger partial charge in [-0.05, 0) is 69.5 Å². The minimum absolute atomic E-state index is 0.920. The monoisotopic (exact) mass is 222 g/mol. The van der Waals surface area contributed by atoms with Gasteiger partial charge in [0.25, 0.3) is 0 Å². The van der Waals surface area contributed by atoms with Gasteiger partial charge in [-0.3, -0.25) is 0 Å². The predicted octanol–water partition coefficient (Wildman–Crippen LogP) is 1.96. The molecule has 1 N–H and O–H groups in total. The third kappa shape index (κ3) is 2.28. The number of nitrogens with zero attached hydrogens (tertiary/aromatic N) is 1. The first-order valence-electron chi connectivity index (χ1n) is 7.20. The van der Waals surface area contributed by atoms with Gasteiger partial charge in [0.15, 0.2) is 0 Å². The third-order valence-electron chi connectivity index (χ3n) is 5.16. The maximum absolute atomic E-state index is 3.47. The number of nitrogens with one attached hydrogen (secondary N) is 1. The van der Waals surface area contributed by atoms with Crippen molar-refractivity contribution >= 4 is 0 Å². The van der Waals surface area contributed by atoms with Crippen LogP contribution in [0.15, 0.2) is 0 Å². The lowest BCUT2D eigenvalue weighted by atomic mass is 9.88. The van der Waals surface area contributed by atoms with E-state index in [1.54, 1.807) is 6.42 Å². The lowest BCUT2D eigenvalue weighted by Crippen LogP contribution is -2.33. The molecule has 2 saturated carbocycles. The molecule has 2 heteroatoms. The van der Waals surface area contributed by atoms with Crippen LogP contribution in [0.3, 0.4) is 0 Å². The number of hydrogen-bond acceptors (Lipinski definition) is 2. The summed E-state index contributed by atoms with van der Waals surface area (Å²) in [6, 6.07) is 0. The summed E-state index contributed by atoms with van der Waals surface area (Å²) in [6.07, 6.45) is 7.56. The van der Waals surface area contributed by atoms with Crippen LogP contribution in [0.25, 0.3) is 0 Å². The Morgan fingerprint density at radius 2 is 2.06 bits per heavy atom. The average molecular weight is 222 g/mol. The van der Waals surface area contributed by atoms with Gasteiger partial charge in [0.05, 0.1) is 0 Å². The maximum atomic E-state index is 3.47. The Hall–Kier alpha value is -0.0800. The maximum Gasteiger partial charge on any atom is 0.00193 e. The Bertz CT molecular complexity index is 235. The highest BCUT2D eigenvalue weighted by Crippen LogP contribution is 2.48. The molecule has 1 heterocycles. The van der Waals surface area contributed by atoms with Gasteiger partial charge in [0.1, 0.15) is 0 Å². The predicted molar refractivity (Wildman–Crippen MR) is 67.4 cm³/mol. The lowest BCUT2D eigenvalue weighted by Gasteiger charge is -2.28. The van der Waals surface area contributed by atoms with E-state index in [0.717, 1.165) is 23.7 Å². The topological polar surface area (TPSA) is 15.3 Å². The minimum Gasteiger partial charge on any atom is -0.316 e. The normalized spacial score (nSPS) is 42.4. The summed E-state index contributed by atoms with van der Waals surface area (Å²) in [5, 5.41) is 3.47. The third-order valence-corrected chi connectivity index (χ3v) is 5.16. The van der Waals surface area contributed by atoms with Crippen molar-refractivity contribution < 1.29 is 0 Å². The fraction of sp³-hybridized carbons (Fsp3) is 1.00. The second-order valence-corrected chi connectivity index (χ2v) is 6.51. The molecule has 0 amide bonds. The zero-order valence-corrected chi connectivity index (χ0v) is 10.6. The highest BCUT2D eigenvalue weighted by atomic mass is 15.1. The van der Waals surface area contributed by atoms with Crippen LogP contribution in [-0.4, -0.2) is 38.1 Å². The Balaban J connectivity index is 1.43. The molecule has 2 bridgehead atoms. The molecule has 2 aliphatic carbocycles. The molecular formula is C14H26N2. The second-order valence-electron chi connectivity index (χ2n) is 6.51. The first kappa shape index (κ1) is 11.0. The Morgan fingerprint density at radius 1 is 1.12 bits per heavy atom. The summed E-state index contributed by atoms with van der Waals surface area (Å²) < 4.78 is 0. The molecule has 3 aliphatic rings. The Kier molecular flexibility index (Phi) is 3.21. The van der Waals surface area contributed by atoms with E-state index in [1.165, 1.54) is 51.9 Å². The molecular weight excluding hydrogens is 196 g/mol. The van der Waals surface area contributed by atoms with Gasteiger partial charge in [0, 0.05) is 13.1 Å². The van der Waals surface area contributed by atoms with E-state index in [9.17, 15) is 0 Å². The molecule has 1 aliphatic heterocycles. The van der Waals surface area contributed by atoms with E-state index in [1.807, 2.05) is 0 Å². The number of fused-ring (bicyclic) bond motifs is 2. The van der Waals surface area contributed by atoms with Gasteiger partial charge >= 0.3 is 0 Å². The van der Waals surface area contributed by atoms with E-state index in [0.29, 0.717) is 0 Å². The molecule has 0 aromatic heterocycles. The van der Waals surface area contributed by atoms with Crippen molar-refractivity contribution in [3.05, 3.63) is 0 Å². The standard InChI is InChI=1S/C14H26N2/c1-16(9-12-4-5-15-8-12)10-14-7-11-2-3-13(14)6-11/h11-15H,2-10H2,1H3. The van der Waals surface area contributed by atoms with Crippen molar-refractivity contribution in [1.82, 2.24) is 10.2 Å². The SMILES string of the molecule is CN(CC1CCNC1)CC1CC2CCC1C2. The van der Waals surface area contributed by atoms with Crippen LogP contribution in [0.5, 0.6) is 0 Å². The van der Waals surface area contributed by atoms with Gasteiger partial charge in [-0.15, -0.1) is 0 Å². The number of hydrogen-bond donors (Lipinski definition) is 1. The second kappa shape index (κ2) is 4.66. The average Bonchev–Trinajstić information content (AvgIpc) is 2.92. The van der Waals surface area contributed by atoms with Crippen molar-refractivity contribution in [2.75, 3.05) is 33.2 Å². The van der Waals surface area contributed by atoms with E-state index in [2.05, 4.69) is 17.3 Å². The molecule has 4 unspecified atom stereocenters. The summed E-state index contributed by atoms with van der Waals surface area (Å²) in [6.45, 7) is 5.19. The van der Waals surface area contributed by atoms with E-state index in [4.69, 9.17) is 0 Å². The van der Waals surface area contributed by atoms with Crippen molar-refractivity contribution in [2.24, 2.45) is 23.7 Å². The Labute approximate surface area is 99.8 Å². The molecule has 92 valence electrons. The van der Waals surface area contributed by atoms with Crippen LogP contribution in [-0.2, 0) is 0 Å². The van der Waals surface area contributed by atoms with E-state index >= 15 is 0 Å². The van der Waals surface area contributed by atoms with Crippen molar-refractivity contribution in [3.63, 3.8) is 0 Å². The molecule has 1 saturated heterocycles. The smallest absolute Gasteiger partial charge is 0.00193 e. The van der Waals surface area contributed by atoms with Gasteiger partial charge in [-0.25, -0.2) is 0 Å². The van der Waals surface area contributed by atoms with Crippen molar-refractivity contribution in [2.45, 2.75) is 32.1 Å². The quantitative estimate of drug-likeness (QED) is 0.782. The fourth-order valence-electron chi connectivity index (χ4n) is 4.39. The van der Waals surface area contributed by atoms with Crippen LogP contribution in [0, 0.1) is 23.7 Å². The van der Waals surface area contributed by atoms with Crippen LogP contribution < -0.4 is 5.32 Å². The van der Waals surface area contributed by atoms with Crippen molar-refractivity contribution in [1.29, 1.82) is 0 Å². The van der Waals surface area contributed by atoms with E-state index in [-0.39, 0.29) is 0 Å². The highest BCUT2D eigenvalue weighted by Gasteiger charge is 2.39. The molecule has 0 spiro atoms. The molecule has 0 aromatic carbocycles. The summed E-state index contributed by atoms with van der Waals surface area (Å²) in [5.74, 6) is 4.16. The van der Waals surface area contributed by atoms with E-state index < -0.39 is 0 Å². The fourth-order valence-corrected chi connectivity index (χ4v) is 4.39. The van der Waals surface area contributed by atoms with Gasteiger partial charge in [0.2, 0.25) is 0 Å². The number of rotatable bonds is 4. The van der Waals surface area contributed by atoms with Gasteiger partial charge in [-0.2, -0.15) is 0 Å². The summed E-state index contributed by atoms with van der Waals surface area (Å²) in [4.78, 5) is 2.61. The molecule has 16 heavy (non-hydrogen) atoms. The lowest BCUT2D eigenvalue weighted by molar-refractivity contribution is 0.201. The summed E-state index contributed by atoms with van der Waals surface area (Å²) >= 11 is 0. The van der Waals surface area contributed by atoms with Crippen LogP contribution in [0.1, 0.15) is 32.1 Å². The first-order chi connectivity index (χ1) is 7.81. The highest BCUT2D eigenvalue weighted by molar-refractivity contribution is 4.91. The zero-order valence-electron chi connectivity index (χ0n) is 10.6.